The van der Waals surface area contributed by atoms with Crippen molar-refractivity contribution in [2.75, 3.05) is 24.2 Å². The minimum Gasteiger partial charge on any atom is -0.397 e. The van der Waals surface area contributed by atoms with E-state index in [-0.39, 0.29) is 5.78 Å². The number of ketones is 1. The van der Waals surface area contributed by atoms with E-state index >= 15 is 0 Å². The van der Waals surface area contributed by atoms with Crippen LogP contribution in [0.25, 0.3) is 0 Å². The molecule has 1 aromatic rings. The second-order valence-electron chi connectivity index (χ2n) is 3.49. The first-order valence-electron chi connectivity index (χ1n) is 4.43. The molecule has 0 saturated carbocycles. The Labute approximate surface area is 81.3 Å². The fraction of sp³-hybridized carbons (Fsp3) is 0.300. The van der Waals surface area contributed by atoms with Crippen molar-refractivity contribution in [1.29, 1.82) is 0 Å². The van der Waals surface area contributed by atoms with Gasteiger partial charge in [-0.25, -0.2) is 4.39 Å². The van der Waals surface area contributed by atoms with Crippen LogP contribution in [0.4, 0.5) is 15.8 Å². The molecule has 0 atom stereocenters. The summed E-state index contributed by atoms with van der Waals surface area (Å²) in [5.74, 6) is -0.491. The van der Waals surface area contributed by atoms with E-state index in [0.717, 1.165) is 0 Å². The topological polar surface area (TPSA) is 46.3 Å². The zero-order valence-electron chi connectivity index (χ0n) is 7.88. The van der Waals surface area contributed by atoms with Gasteiger partial charge in [-0.05, 0) is 12.1 Å². The van der Waals surface area contributed by atoms with Gasteiger partial charge in [0.25, 0.3) is 0 Å². The first kappa shape index (κ1) is 8.99. The molecule has 2 N–H and O–H groups in total. The third-order valence-electron chi connectivity index (χ3n) is 2.46. The zero-order valence-corrected chi connectivity index (χ0v) is 7.88. The Bertz CT molecular complexity index is 403. The summed E-state index contributed by atoms with van der Waals surface area (Å²) < 4.78 is 13.0. The second kappa shape index (κ2) is 2.97. The minimum absolute atomic E-state index is 0.0377. The predicted octanol–water partition coefficient (Wildman–Crippen LogP) is 1.43. The van der Waals surface area contributed by atoms with Crippen molar-refractivity contribution >= 4 is 17.2 Å². The van der Waals surface area contributed by atoms with Crippen LogP contribution in [0.1, 0.15) is 16.8 Å². The molecule has 0 aliphatic carbocycles. The Hall–Kier alpha value is -1.58. The highest BCUT2D eigenvalue weighted by Crippen LogP contribution is 2.32. The van der Waals surface area contributed by atoms with Crippen molar-refractivity contribution in [3.05, 3.63) is 23.5 Å². The molecule has 3 nitrogen and oxygen atoms in total. The normalized spacial score (nSPS) is 15.6. The highest BCUT2D eigenvalue weighted by molar-refractivity contribution is 6.05. The lowest BCUT2D eigenvalue weighted by atomic mass is 9.99. The number of nitrogens with two attached hydrogens (primary N) is 1. The van der Waals surface area contributed by atoms with Gasteiger partial charge in [0.05, 0.1) is 11.4 Å². The van der Waals surface area contributed by atoms with E-state index in [4.69, 9.17) is 5.73 Å². The number of nitrogen functional groups attached to an aromatic ring is 1. The molecule has 1 aliphatic heterocycles. The van der Waals surface area contributed by atoms with Crippen LogP contribution in [0.3, 0.4) is 0 Å². The molecule has 0 aromatic heterocycles. The average molecular weight is 194 g/mol. The van der Waals surface area contributed by atoms with Crippen molar-refractivity contribution in [3.63, 3.8) is 0 Å². The third-order valence-corrected chi connectivity index (χ3v) is 2.46. The molecule has 0 fully saturated rings. The Kier molecular flexibility index (Phi) is 1.91. The Morgan fingerprint density at radius 2 is 2.21 bits per heavy atom. The number of Topliss-reactive ketones (excluding diaryl/α,β-unsaturated/α-hetero) is 1. The molecule has 0 spiro atoms. The van der Waals surface area contributed by atoms with Crippen LogP contribution in [0, 0.1) is 5.82 Å². The molecule has 2 rings (SSSR count). The molecule has 74 valence electrons. The lowest BCUT2D eigenvalue weighted by molar-refractivity contribution is 0.0980. The third kappa shape index (κ3) is 1.23. The van der Waals surface area contributed by atoms with Gasteiger partial charge in [0.2, 0.25) is 0 Å². The number of anilines is 2. The van der Waals surface area contributed by atoms with Crippen molar-refractivity contribution in [2.45, 2.75) is 6.42 Å². The molecular weight excluding hydrogens is 183 g/mol. The van der Waals surface area contributed by atoms with Crippen LogP contribution in [0.2, 0.25) is 0 Å². The fourth-order valence-corrected chi connectivity index (χ4v) is 1.77. The number of benzene rings is 1. The molecule has 1 aromatic carbocycles. The average Bonchev–Trinajstić information content (AvgIpc) is 2.10. The summed E-state index contributed by atoms with van der Waals surface area (Å²) in [6.45, 7) is 0.641. The van der Waals surface area contributed by atoms with E-state index in [0.29, 0.717) is 29.9 Å². The molecule has 4 heteroatoms. The molecule has 0 bridgehead atoms. The quantitative estimate of drug-likeness (QED) is 0.635. The lowest BCUT2D eigenvalue weighted by Gasteiger charge is -2.27. The van der Waals surface area contributed by atoms with E-state index in [1.165, 1.54) is 12.1 Å². The highest BCUT2D eigenvalue weighted by atomic mass is 19.1. The molecule has 14 heavy (non-hydrogen) atoms. The standard InChI is InChI=1S/C10H11FN2O/c1-13-3-2-9(14)7-4-6(11)5-8(12)10(7)13/h4-5H,2-3,12H2,1H3. The Morgan fingerprint density at radius 3 is 2.93 bits per heavy atom. The molecule has 0 amide bonds. The van der Waals surface area contributed by atoms with Gasteiger partial charge in [-0.3, -0.25) is 4.79 Å². The van der Waals surface area contributed by atoms with E-state index in [9.17, 15) is 9.18 Å². The number of fused-ring (bicyclic) bond motifs is 1. The van der Waals surface area contributed by atoms with Gasteiger partial charge in [-0.1, -0.05) is 0 Å². The minimum atomic E-state index is -0.454. The molecular formula is C10H11FN2O. The molecule has 1 aliphatic rings. The van der Waals surface area contributed by atoms with Crippen LogP contribution in [0.5, 0.6) is 0 Å². The Balaban J connectivity index is 2.66. The van der Waals surface area contributed by atoms with E-state index in [1.807, 2.05) is 11.9 Å². The van der Waals surface area contributed by atoms with Gasteiger partial charge in [-0.2, -0.15) is 0 Å². The summed E-state index contributed by atoms with van der Waals surface area (Å²) >= 11 is 0. The number of carbonyl (C=O) groups is 1. The maximum absolute atomic E-state index is 13.0. The maximum atomic E-state index is 13.0. The summed E-state index contributed by atoms with van der Waals surface area (Å²) in [6, 6.07) is 2.50. The summed E-state index contributed by atoms with van der Waals surface area (Å²) in [4.78, 5) is 13.4. The number of nitrogens with zero attached hydrogens (tertiary/aromatic N) is 1. The Morgan fingerprint density at radius 1 is 1.50 bits per heavy atom. The van der Waals surface area contributed by atoms with Crippen LogP contribution >= 0.6 is 0 Å². The number of hydrogen-bond donors (Lipinski definition) is 1. The van der Waals surface area contributed by atoms with Gasteiger partial charge < -0.3 is 10.6 Å². The predicted molar refractivity (Wildman–Crippen MR) is 53.0 cm³/mol. The van der Waals surface area contributed by atoms with Crippen molar-refractivity contribution in [1.82, 2.24) is 0 Å². The second-order valence-corrected chi connectivity index (χ2v) is 3.49. The van der Waals surface area contributed by atoms with Crippen LogP contribution in [-0.2, 0) is 0 Å². The van der Waals surface area contributed by atoms with Gasteiger partial charge in [0.15, 0.2) is 5.78 Å². The summed E-state index contributed by atoms with van der Waals surface area (Å²) in [5, 5.41) is 0. The molecule has 0 unspecified atom stereocenters. The van der Waals surface area contributed by atoms with Gasteiger partial charge in [0.1, 0.15) is 5.82 Å². The van der Waals surface area contributed by atoms with Crippen LogP contribution < -0.4 is 10.6 Å². The van der Waals surface area contributed by atoms with Gasteiger partial charge in [-0.15, -0.1) is 0 Å². The smallest absolute Gasteiger partial charge is 0.166 e. The molecule has 1 heterocycles. The van der Waals surface area contributed by atoms with Crippen molar-refractivity contribution in [3.8, 4) is 0 Å². The highest BCUT2D eigenvalue weighted by Gasteiger charge is 2.23. The van der Waals surface area contributed by atoms with Crippen LogP contribution in [-0.4, -0.2) is 19.4 Å². The number of halogens is 1. The summed E-state index contributed by atoms with van der Waals surface area (Å²) in [5.41, 5.74) is 7.04. The van der Waals surface area contributed by atoms with Gasteiger partial charge in [0, 0.05) is 25.6 Å². The van der Waals surface area contributed by atoms with Crippen LogP contribution in [0.15, 0.2) is 12.1 Å². The van der Waals surface area contributed by atoms with E-state index in [2.05, 4.69) is 0 Å². The summed E-state index contributed by atoms with van der Waals surface area (Å²) in [6.07, 6.45) is 0.423. The number of hydrogen-bond acceptors (Lipinski definition) is 3. The van der Waals surface area contributed by atoms with Crippen molar-refractivity contribution < 1.29 is 9.18 Å². The monoisotopic (exact) mass is 194 g/mol. The lowest BCUT2D eigenvalue weighted by Crippen LogP contribution is -2.29. The maximum Gasteiger partial charge on any atom is 0.166 e. The largest absolute Gasteiger partial charge is 0.397 e. The fourth-order valence-electron chi connectivity index (χ4n) is 1.77. The van der Waals surface area contributed by atoms with E-state index < -0.39 is 5.82 Å². The molecule has 0 radical (unpaired) electrons. The van der Waals surface area contributed by atoms with Gasteiger partial charge >= 0.3 is 0 Å². The number of carbonyl (C=O) groups excluding carboxylic acids is 1. The first-order valence-corrected chi connectivity index (χ1v) is 4.43. The molecule has 0 saturated heterocycles. The summed E-state index contributed by atoms with van der Waals surface area (Å²) in [7, 11) is 1.85. The van der Waals surface area contributed by atoms with E-state index in [1.54, 1.807) is 0 Å². The number of rotatable bonds is 0. The zero-order chi connectivity index (χ0) is 10.3. The van der Waals surface area contributed by atoms with Crippen molar-refractivity contribution in [2.24, 2.45) is 0 Å². The first-order chi connectivity index (χ1) is 6.59. The SMILES string of the molecule is CN1CCC(=O)c2cc(F)cc(N)c21.